The van der Waals surface area contributed by atoms with Gasteiger partial charge in [0, 0.05) is 11.6 Å². The molecule has 0 bridgehead atoms. The van der Waals surface area contributed by atoms with Gasteiger partial charge in [-0.1, -0.05) is 31.2 Å². The summed E-state index contributed by atoms with van der Waals surface area (Å²) < 4.78 is 6.41. The van der Waals surface area contributed by atoms with Crippen LogP contribution in [-0.2, 0) is 11.3 Å². The number of hydrogen-bond donors (Lipinski definition) is 1. The minimum absolute atomic E-state index is 0. The first kappa shape index (κ1) is 18.1. The average molecular weight is 325 g/mol. The van der Waals surface area contributed by atoms with E-state index < -0.39 is 0 Å². The lowest BCUT2D eigenvalue weighted by molar-refractivity contribution is 0.0601. The van der Waals surface area contributed by atoms with Gasteiger partial charge in [-0.3, -0.25) is 4.68 Å². The van der Waals surface area contributed by atoms with E-state index in [1.165, 1.54) is 7.11 Å². The normalized spacial score (nSPS) is 11.9. The van der Waals surface area contributed by atoms with Gasteiger partial charge in [-0.15, -0.1) is 17.5 Å². The molecule has 0 spiro atoms. The van der Waals surface area contributed by atoms with Crippen LogP contribution in [0, 0.1) is 5.92 Å². The molecule has 1 aromatic carbocycles. The van der Waals surface area contributed by atoms with Crippen LogP contribution < -0.4 is 5.73 Å². The number of rotatable bonds is 5. The number of hydrogen-bond acceptors (Lipinski definition) is 5. The fraction of sp³-hybridized carbons (Fsp3) is 0.400. The van der Waals surface area contributed by atoms with Crippen molar-refractivity contribution in [3.05, 3.63) is 36.0 Å². The summed E-state index contributed by atoms with van der Waals surface area (Å²) in [6.45, 7) is 4.78. The van der Waals surface area contributed by atoms with Crippen LogP contribution in [0.15, 0.2) is 30.5 Å². The summed E-state index contributed by atoms with van der Waals surface area (Å²) in [5.41, 5.74) is 8.18. The van der Waals surface area contributed by atoms with Gasteiger partial charge in [0.15, 0.2) is 0 Å². The molecule has 2 rings (SSSR count). The number of esters is 1. The van der Waals surface area contributed by atoms with Gasteiger partial charge >= 0.3 is 5.97 Å². The third kappa shape index (κ3) is 4.29. The second-order valence-corrected chi connectivity index (χ2v) is 5.30. The first-order chi connectivity index (χ1) is 10.0. The molecule has 0 aliphatic carbocycles. The minimum Gasteiger partial charge on any atom is -0.465 e. The van der Waals surface area contributed by atoms with E-state index in [-0.39, 0.29) is 24.4 Å². The SMILES string of the molecule is COC(=O)c1ccc(-c2cn(CC(N)C(C)C)nn2)cc1.Cl. The molecular weight excluding hydrogens is 304 g/mol. The number of benzene rings is 1. The number of aromatic nitrogens is 3. The standard InChI is InChI=1S/C15H20N4O2.ClH/c1-10(2)13(16)8-19-9-14(17-18-19)11-4-6-12(7-5-11)15(20)21-3;/h4-7,9-10,13H,8,16H2,1-3H3;1H. The van der Waals surface area contributed by atoms with Crippen molar-refractivity contribution in [1.29, 1.82) is 0 Å². The molecule has 1 heterocycles. The summed E-state index contributed by atoms with van der Waals surface area (Å²) in [6.07, 6.45) is 1.86. The molecule has 2 aromatic rings. The molecule has 0 amide bonds. The Labute approximate surface area is 136 Å². The molecule has 1 atom stereocenters. The maximum Gasteiger partial charge on any atom is 0.337 e. The lowest BCUT2D eigenvalue weighted by Crippen LogP contribution is -2.31. The molecule has 0 aliphatic rings. The fourth-order valence-corrected chi connectivity index (χ4v) is 1.84. The monoisotopic (exact) mass is 324 g/mol. The van der Waals surface area contributed by atoms with Crippen LogP contribution >= 0.6 is 12.4 Å². The number of nitrogens with two attached hydrogens (primary N) is 1. The van der Waals surface area contributed by atoms with Crippen molar-refractivity contribution in [2.75, 3.05) is 7.11 Å². The molecule has 0 aliphatic heterocycles. The third-order valence-electron chi connectivity index (χ3n) is 3.39. The van der Waals surface area contributed by atoms with E-state index in [0.717, 1.165) is 11.3 Å². The highest BCUT2D eigenvalue weighted by molar-refractivity contribution is 5.89. The second-order valence-electron chi connectivity index (χ2n) is 5.30. The highest BCUT2D eigenvalue weighted by Gasteiger charge is 2.11. The molecule has 120 valence electrons. The van der Waals surface area contributed by atoms with Crippen LogP contribution in [-0.4, -0.2) is 34.1 Å². The van der Waals surface area contributed by atoms with E-state index in [9.17, 15) is 4.79 Å². The number of carbonyl (C=O) groups excluding carboxylic acids is 1. The summed E-state index contributed by atoms with van der Waals surface area (Å²) in [6, 6.07) is 7.10. The minimum atomic E-state index is -0.354. The lowest BCUT2D eigenvalue weighted by Gasteiger charge is -2.14. The second kappa shape index (κ2) is 7.91. The van der Waals surface area contributed by atoms with Gasteiger partial charge < -0.3 is 10.5 Å². The molecule has 1 aromatic heterocycles. The largest absolute Gasteiger partial charge is 0.465 e. The number of methoxy groups -OCH3 is 1. The van der Waals surface area contributed by atoms with Crippen LogP contribution in [0.1, 0.15) is 24.2 Å². The van der Waals surface area contributed by atoms with Gasteiger partial charge in [0.25, 0.3) is 0 Å². The van der Waals surface area contributed by atoms with Crippen molar-refractivity contribution in [3.8, 4) is 11.3 Å². The van der Waals surface area contributed by atoms with Crippen LogP contribution in [0.3, 0.4) is 0 Å². The molecule has 0 saturated heterocycles. The van der Waals surface area contributed by atoms with Crippen molar-refractivity contribution >= 4 is 18.4 Å². The highest BCUT2D eigenvalue weighted by Crippen LogP contribution is 2.17. The Bertz CT molecular complexity index is 610. The predicted molar refractivity (Wildman–Crippen MR) is 86.9 cm³/mol. The zero-order valence-corrected chi connectivity index (χ0v) is 13.7. The first-order valence-electron chi connectivity index (χ1n) is 6.85. The van der Waals surface area contributed by atoms with E-state index in [0.29, 0.717) is 18.0 Å². The van der Waals surface area contributed by atoms with Crippen molar-refractivity contribution < 1.29 is 9.53 Å². The Kier molecular flexibility index (Phi) is 6.52. The average Bonchev–Trinajstić information content (AvgIpc) is 2.95. The third-order valence-corrected chi connectivity index (χ3v) is 3.39. The van der Waals surface area contributed by atoms with Gasteiger partial charge in [-0.2, -0.15) is 0 Å². The molecule has 2 N–H and O–H groups in total. The number of halogens is 1. The van der Waals surface area contributed by atoms with Crippen LogP contribution in [0.2, 0.25) is 0 Å². The van der Waals surface area contributed by atoms with Crippen molar-refractivity contribution in [2.45, 2.75) is 26.4 Å². The maximum atomic E-state index is 11.4. The van der Waals surface area contributed by atoms with E-state index >= 15 is 0 Å². The zero-order chi connectivity index (χ0) is 15.4. The van der Waals surface area contributed by atoms with Crippen molar-refractivity contribution in [1.82, 2.24) is 15.0 Å². The quantitative estimate of drug-likeness (QED) is 0.852. The number of ether oxygens (including phenoxy) is 1. The molecule has 1 unspecified atom stereocenters. The summed E-state index contributed by atoms with van der Waals surface area (Å²) in [5, 5.41) is 8.22. The van der Waals surface area contributed by atoms with Crippen LogP contribution in [0.5, 0.6) is 0 Å². The zero-order valence-electron chi connectivity index (χ0n) is 12.9. The Morgan fingerprint density at radius 3 is 2.50 bits per heavy atom. The Morgan fingerprint density at radius 2 is 1.95 bits per heavy atom. The van der Waals surface area contributed by atoms with Gasteiger partial charge in [0.05, 0.1) is 25.4 Å². The molecular formula is C15H21ClN4O2. The van der Waals surface area contributed by atoms with E-state index in [4.69, 9.17) is 5.73 Å². The first-order valence-corrected chi connectivity index (χ1v) is 6.85. The summed E-state index contributed by atoms with van der Waals surface area (Å²) >= 11 is 0. The fourth-order valence-electron chi connectivity index (χ4n) is 1.84. The van der Waals surface area contributed by atoms with E-state index in [2.05, 4.69) is 28.9 Å². The molecule has 6 nitrogen and oxygen atoms in total. The maximum absolute atomic E-state index is 11.4. The van der Waals surface area contributed by atoms with Gasteiger partial charge in [0.1, 0.15) is 5.69 Å². The molecule has 7 heteroatoms. The van der Waals surface area contributed by atoms with Crippen molar-refractivity contribution in [3.63, 3.8) is 0 Å². The molecule has 0 fully saturated rings. The van der Waals surface area contributed by atoms with E-state index in [1.54, 1.807) is 16.8 Å². The summed E-state index contributed by atoms with van der Waals surface area (Å²) in [7, 11) is 1.36. The van der Waals surface area contributed by atoms with E-state index in [1.807, 2.05) is 18.3 Å². The Balaban J connectivity index is 0.00000242. The number of nitrogens with zero attached hydrogens (tertiary/aromatic N) is 3. The van der Waals surface area contributed by atoms with Gasteiger partial charge in [-0.05, 0) is 18.1 Å². The Morgan fingerprint density at radius 1 is 1.32 bits per heavy atom. The number of carbonyl (C=O) groups is 1. The van der Waals surface area contributed by atoms with Crippen LogP contribution in [0.4, 0.5) is 0 Å². The Hall–Kier alpha value is -1.92. The lowest BCUT2D eigenvalue weighted by atomic mass is 10.1. The molecule has 22 heavy (non-hydrogen) atoms. The van der Waals surface area contributed by atoms with Crippen LogP contribution in [0.25, 0.3) is 11.3 Å². The molecule has 0 radical (unpaired) electrons. The highest BCUT2D eigenvalue weighted by atomic mass is 35.5. The topological polar surface area (TPSA) is 83.0 Å². The summed E-state index contributed by atoms with van der Waals surface area (Å²) in [4.78, 5) is 11.4. The van der Waals surface area contributed by atoms with Gasteiger partial charge in [0.2, 0.25) is 0 Å². The smallest absolute Gasteiger partial charge is 0.337 e. The molecule has 0 saturated carbocycles. The van der Waals surface area contributed by atoms with Crippen molar-refractivity contribution in [2.24, 2.45) is 11.7 Å². The van der Waals surface area contributed by atoms with Gasteiger partial charge in [-0.25, -0.2) is 4.79 Å². The predicted octanol–water partition coefficient (Wildman–Crippen LogP) is 2.14. The summed E-state index contributed by atoms with van der Waals surface area (Å²) in [5.74, 6) is 0.0325.